The minimum absolute atomic E-state index is 0.0511. The molecule has 0 bridgehead atoms. The van der Waals surface area contributed by atoms with E-state index in [4.69, 9.17) is 0 Å². The number of hydrogen-bond acceptors (Lipinski definition) is 3. The Balaban J connectivity index is 1.94. The van der Waals surface area contributed by atoms with Crippen LogP contribution in [0.15, 0.2) is 42.6 Å². The highest BCUT2D eigenvalue weighted by Crippen LogP contribution is 2.33. The second-order valence-electron chi connectivity index (χ2n) is 6.36. The molecular formula is C19H23N3O. The molecule has 0 saturated heterocycles. The summed E-state index contributed by atoms with van der Waals surface area (Å²) in [5.74, 6) is 1.13. The first-order valence-electron chi connectivity index (χ1n) is 8.25. The van der Waals surface area contributed by atoms with Crippen molar-refractivity contribution in [2.75, 3.05) is 18.0 Å². The Hall–Kier alpha value is -2.36. The SMILES string of the molecule is CC(C)CNC(=O)c1cccnc1N1CCCc2ccccc21. The molecule has 0 radical (unpaired) electrons. The van der Waals surface area contributed by atoms with Crippen LogP contribution in [-0.2, 0) is 6.42 Å². The van der Waals surface area contributed by atoms with Gasteiger partial charge in [0.25, 0.3) is 5.91 Å². The highest BCUT2D eigenvalue weighted by molar-refractivity contribution is 5.99. The molecule has 0 spiro atoms. The zero-order valence-electron chi connectivity index (χ0n) is 13.7. The molecule has 0 aliphatic carbocycles. The fourth-order valence-electron chi connectivity index (χ4n) is 2.93. The van der Waals surface area contributed by atoms with Crippen LogP contribution in [0.3, 0.4) is 0 Å². The Morgan fingerprint density at radius 2 is 2.09 bits per heavy atom. The fourth-order valence-corrected chi connectivity index (χ4v) is 2.93. The molecule has 2 aromatic rings. The van der Waals surface area contributed by atoms with Crippen molar-refractivity contribution < 1.29 is 4.79 Å². The summed E-state index contributed by atoms with van der Waals surface area (Å²) in [6.45, 7) is 5.73. The molecule has 1 aromatic carbocycles. The number of pyridine rings is 1. The van der Waals surface area contributed by atoms with E-state index in [-0.39, 0.29) is 5.91 Å². The van der Waals surface area contributed by atoms with Crippen molar-refractivity contribution in [3.8, 4) is 0 Å². The molecule has 120 valence electrons. The average Bonchev–Trinajstić information content (AvgIpc) is 2.59. The van der Waals surface area contributed by atoms with Gasteiger partial charge in [-0.3, -0.25) is 4.79 Å². The topological polar surface area (TPSA) is 45.2 Å². The van der Waals surface area contributed by atoms with Crippen LogP contribution < -0.4 is 10.2 Å². The van der Waals surface area contributed by atoms with Crippen LogP contribution in [0.1, 0.15) is 36.2 Å². The Morgan fingerprint density at radius 3 is 2.91 bits per heavy atom. The van der Waals surface area contributed by atoms with E-state index in [1.54, 1.807) is 6.20 Å². The van der Waals surface area contributed by atoms with Crippen molar-refractivity contribution in [2.45, 2.75) is 26.7 Å². The smallest absolute Gasteiger partial charge is 0.255 e. The minimum Gasteiger partial charge on any atom is -0.352 e. The van der Waals surface area contributed by atoms with Crippen LogP contribution in [0.4, 0.5) is 11.5 Å². The number of hydrogen-bond donors (Lipinski definition) is 1. The van der Waals surface area contributed by atoms with E-state index in [9.17, 15) is 4.79 Å². The number of nitrogens with zero attached hydrogens (tertiary/aromatic N) is 2. The number of fused-ring (bicyclic) bond motifs is 1. The summed E-state index contributed by atoms with van der Waals surface area (Å²) in [7, 11) is 0. The Labute approximate surface area is 137 Å². The molecule has 4 heteroatoms. The monoisotopic (exact) mass is 309 g/mol. The molecule has 1 amide bonds. The maximum Gasteiger partial charge on any atom is 0.255 e. The summed E-state index contributed by atoms with van der Waals surface area (Å²) < 4.78 is 0. The number of para-hydroxylation sites is 1. The summed E-state index contributed by atoms with van der Waals surface area (Å²) in [4.78, 5) is 19.2. The zero-order chi connectivity index (χ0) is 16.2. The van der Waals surface area contributed by atoms with Crippen molar-refractivity contribution in [3.63, 3.8) is 0 Å². The summed E-state index contributed by atoms with van der Waals surface area (Å²) in [5, 5.41) is 3.00. The first-order valence-corrected chi connectivity index (χ1v) is 8.25. The zero-order valence-corrected chi connectivity index (χ0v) is 13.7. The van der Waals surface area contributed by atoms with Crippen molar-refractivity contribution in [3.05, 3.63) is 53.7 Å². The van der Waals surface area contributed by atoms with Gasteiger partial charge in [0.1, 0.15) is 5.82 Å². The third-order valence-corrected chi connectivity index (χ3v) is 4.07. The van der Waals surface area contributed by atoms with Gasteiger partial charge in [-0.1, -0.05) is 32.0 Å². The number of carbonyl (C=O) groups excluding carboxylic acids is 1. The maximum absolute atomic E-state index is 12.5. The average molecular weight is 309 g/mol. The first kappa shape index (κ1) is 15.5. The number of anilines is 2. The highest BCUT2D eigenvalue weighted by atomic mass is 16.1. The van der Waals surface area contributed by atoms with Crippen molar-refractivity contribution in [2.24, 2.45) is 5.92 Å². The van der Waals surface area contributed by atoms with E-state index in [0.29, 0.717) is 18.0 Å². The predicted molar refractivity (Wildman–Crippen MR) is 93.2 cm³/mol. The van der Waals surface area contributed by atoms with Gasteiger partial charge in [0.05, 0.1) is 5.56 Å². The van der Waals surface area contributed by atoms with E-state index in [1.807, 2.05) is 18.2 Å². The van der Waals surface area contributed by atoms with Gasteiger partial charge in [-0.2, -0.15) is 0 Å². The number of carbonyl (C=O) groups is 1. The third kappa shape index (κ3) is 3.36. The number of aromatic nitrogens is 1. The molecule has 1 aromatic heterocycles. The van der Waals surface area contributed by atoms with Gasteiger partial charge in [-0.15, -0.1) is 0 Å². The van der Waals surface area contributed by atoms with Gasteiger partial charge in [0.2, 0.25) is 0 Å². The molecule has 23 heavy (non-hydrogen) atoms. The highest BCUT2D eigenvalue weighted by Gasteiger charge is 2.23. The van der Waals surface area contributed by atoms with Crippen LogP contribution in [0.2, 0.25) is 0 Å². The first-order chi connectivity index (χ1) is 11.2. The quantitative estimate of drug-likeness (QED) is 0.939. The molecule has 4 nitrogen and oxygen atoms in total. The van der Waals surface area contributed by atoms with E-state index in [2.05, 4.69) is 47.2 Å². The summed E-state index contributed by atoms with van der Waals surface area (Å²) in [6.07, 6.45) is 3.90. The van der Waals surface area contributed by atoms with E-state index >= 15 is 0 Å². The van der Waals surface area contributed by atoms with Crippen LogP contribution >= 0.6 is 0 Å². The Bertz CT molecular complexity index is 697. The molecule has 1 N–H and O–H groups in total. The summed E-state index contributed by atoms with van der Waals surface area (Å²) in [5.41, 5.74) is 3.12. The normalized spacial score (nSPS) is 13.8. The van der Waals surface area contributed by atoms with Crippen LogP contribution in [0.25, 0.3) is 0 Å². The van der Waals surface area contributed by atoms with Crippen LogP contribution in [0, 0.1) is 5.92 Å². The van der Waals surface area contributed by atoms with E-state index in [0.717, 1.165) is 30.9 Å². The fraction of sp³-hybridized carbons (Fsp3) is 0.368. The minimum atomic E-state index is -0.0511. The van der Waals surface area contributed by atoms with Crippen molar-refractivity contribution >= 4 is 17.4 Å². The van der Waals surface area contributed by atoms with E-state index < -0.39 is 0 Å². The van der Waals surface area contributed by atoms with Gasteiger partial charge >= 0.3 is 0 Å². The second-order valence-corrected chi connectivity index (χ2v) is 6.36. The van der Waals surface area contributed by atoms with Gasteiger partial charge in [-0.25, -0.2) is 4.98 Å². The number of benzene rings is 1. The lowest BCUT2D eigenvalue weighted by molar-refractivity contribution is 0.0949. The van der Waals surface area contributed by atoms with Crippen molar-refractivity contribution in [1.29, 1.82) is 0 Å². The number of nitrogens with one attached hydrogen (secondary N) is 1. The van der Waals surface area contributed by atoms with Gasteiger partial charge in [0, 0.05) is 25.0 Å². The van der Waals surface area contributed by atoms with Gasteiger partial charge < -0.3 is 10.2 Å². The van der Waals surface area contributed by atoms with Gasteiger partial charge in [0.15, 0.2) is 0 Å². The molecule has 0 atom stereocenters. The predicted octanol–water partition coefficient (Wildman–Crippen LogP) is 3.55. The summed E-state index contributed by atoms with van der Waals surface area (Å²) in [6, 6.07) is 12.1. The van der Waals surface area contributed by atoms with Gasteiger partial charge in [-0.05, 0) is 42.5 Å². The molecule has 3 rings (SSSR count). The van der Waals surface area contributed by atoms with Crippen LogP contribution in [-0.4, -0.2) is 24.0 Å². The summed E-state index contributed by atoms with van der Waals surface area (Å²) >= 11 is 0. The largest absolute Gasteiger partial charge is 0.352 e. The Morgan fingerprint density at radius 1 is 1.26 bits per heavy atom. The molecule has 0 unspecified atom stereocenters. The number of rotatable bonds is 4. The third-order valence-electron chi connectivity index (χ3n) is 4.07. The van der Waals surface area contributed by atoms with E-state index in [1.165, 1.54) is 5.56 Å². The molecule has 0 fully saturated rings. The maximum atomic E-state index is 12.5. The lowest BCUT2D eigenvalue weighted by Crippen LogP contribution is -2.31. The molecule has 1 aliphatic rings. The van der Waals surface area contributed by atoms with Crippen molar-refractivity contribution in [1.82, 2.24) is 10.3 Å². The Kier molecular flexibility index (Phi) is 4.60. The number of aryl methyl sites for hydroxylation is 1. The molecule has 1 aliphatic heterocycles. The molecule has 2 heterocycles. The standard InChI is InChI=1S/C19H23N3O/c1-14(2)13-21-19(23)16-9-5-11-20-18(16)22-12-6-8-15-7-3-4-10-17(15)22/h3-5,7,9-11,14H,6,8,12-13H2,1-2H3,(H,21,23). The molecular weight excluding hydrogens is 286 g/mol. The van der Waals surface area contributed by atoms with Crippen LogP contribution in [0.5, 0.6) is 0 Å². The second kappa shape index (κ2) is 6.82. The lowest BCUT2D eigenvalue weighted by Gasteiger charge is -2.31. The lowest BCUT2D eigenvalue weighted by atomic mass is 10.0. The number of amides is 1. The molecule has 0 saturated carbocycles.